The van der Waals surface area contributed by atoms with E-state index in [-0.39, 0.29) is 0 Å². The fraction of sp³-hybridized carbons (Fsp3) is 0. The zero-order chi connectivity index (χ0) is 8.84. The summed E-state index contributed by atoms with van der Waals surface area (Å²) in [5.41, 5.74) is 0.978. The summed E-state index contributed by atoms with van der Waals surface area (Å²) in [6.07, 6.45) is 0. The Bertz CT molecular complexity index is 478. The van der Waals surface area contributed by atoms with Crippen LogP contribution in [0.2, 0.25) is 0 Å². The van der Waals surface area contributed by atoms with E-state index in [0.717, 1.165) is 21.4 Å². The predicted octanol–water partition coefficient (Wildman–Crippen LogP) is 2.29. The Kier molecular flexibility index (Phi) is 1.34. The molecule has 13 heavy (non-hydrogen) atoms. The summed E-state index contributed by atoms with van der Waals surface area (Å²) in [6, 6.07) is 11.8. The molecule has 1 unspecified atom stereocenters. The molecule has 1 atom stereocenters. The van der Waals surface area contributed by atoms with Crippen LogP contribution in [0.5, 0.6) is 0 Å². The van der Waals surface area contributed by atoms with E-state index >= 15 is 0 Å². The van der Waals surface area contributed by atoms with E-state index < -0.39 is 11.4 Å². The monoisotopic (exact) mass is 189 g/mol. The Morgan fingerprint density at radius 2 is 1.85 bits per heavy atom. The SMILES string of the molecule is [O-][S+]1Nc2cccc3cccc1c23. The van der Waals surface area contributed by atoms with Crippen molar-refractivity contribution >= 4 is 27.8 Å². The Labute approximate surface area is 78.9 Å². The van der Waals surface area contributed by atoms with E-state index in [1.54, 1.807) is 0 Å². The van der Waals surface area contributed by atoms with Crippen LogP contribution in [0.3, 0.4) is 0 Å². The molecule has 3 rings (SSSR count). The molecule has 0 spiro atoms. The Morgan fingerprint density at radius 3 is 2.69 bits per heavy atom. The third kappa shape index (κ3) is 0.884. The number of benzene rings is 2. The predicted molar refractivity (Wildman–Crippen MR) is 54.0 cm³/mol. The van der Waals surface area contributed by atoms with Gasteiger partial charge in [0.05, 0.1) is 11.1 Å². The highest BCUT2D eigenvalue weighted by Crippen LogP contribution is 2.36. The first kappa shape index (κ1) is 7.24. The van der Waals surface area contributed by atoms with Gasteiger partial charge in [0.25, 0.3) is 0 Å². The Hall–Kier alpha value is -1.19. The summed E-state index contributed by atoms with van der Waals surface area (Å²) in [5.74, 6) is 0. The second-order valence-electron chi connectivity index (χ2n) is 3.03. The summed E-state index contributed by atoms with van der Waals surface area (Å²) in [5, 5.41) is 2.25. The first-order chi connectivity index (χ1) is 6.36. The van der Waals surface area contributed by atoms with Gasteiger partial charge < -0.3 is 4.55 Å². The highest BCUT2D eigenvalue weighted by Gasteiger charge is 2.25. The van der Waals surface area contributed by atoms with Crippen molar-refractivity contribution in [3.63, 3.8) is 0 Å². The van der Waals surface area contributed by atoms with E-state index in [1.165, 1.54) is 0 Å². The van der Waals surface area contributed by atoms with Gasteiger partial charge in [0, 0.05) is 0 Å². The minimum absolute atomic E-state index is 0.896. The maximum Gasteiger partial charge on any atom is 0.189 e. The molecule has 1 N–H and O–H groups in total. The van der Waals surface area contributed by atoms with E-state index in [2.05, 4.69) is 4.72 Å². The van der Waals surface area contributed by atoms with Gasteiger partial charge in [-0.2, -0.15) is 0 Å². The molecule has 1 aliphatic heterocycles. The van der Waals surface area contributed by atoms with Crippen LogP contribution in [0.4, 0.5) is 5.69 Å². The van der Waals surface area contributed by atoms with Crippen LogP contribution in [0.15, 0.2) is 41.3 Å². The molecule has 3 heteroatoms. The lowest BCUT2D eigenvalue weighted by atomic mass is 10.1. The van der Waals surface area contributed by atoms with Gasteiger partial charge in [-0.3, -0.25) is 0 Å². The zero-order valence-corrected chi connectivity index (χ0v) is 7.60. The van der Waals surface area contributed by atoms with Crippen molar-refractivity contribution in [1.29, 1.82) is 0 Å². The second-order valence-corrected chi connectivity index (χ2v) is 4.21. The van der Waals surface area contributed by atoms with E-state index in [1.807, 2.05) is 36.4 Å². The highest BCUT2D eigenvalue weighted by molar-refractivity contribution is 7.93. The van der Waals surface area contributed by atoms with Crippen LogP contribution < -0.4 is 4.72 Å². The number of nitrogens with one attached hydrogen (secondary N) is 1. The van der Waals surface area contributed by atoms with Crippen LogP contribution in [-0.4, -0.2) is 4.55 Å². The van der Waals surface area contributed by atoms with Crippen molar-refractivity contribution in [2.24, 2.45) is 0 Å². The summed E-state index contributed by atoms with van der Waals surface area (Å²) in [6.45, 7) is 0. The molecule has 0 aliphatic carbocycles. The molecule has 0 aromatic heterocycles. The number of hydrogen-bond donors (Lipinski definition) is 1. The maximum absolute atomic E-state index is 11.5. The molecule has 0 fully saturated rings. The van der Waals surface area contributed by atoms with Crippen LogP contribution >= 0.6 is 0 Å². The summed E-state index contributed by atoms with van der Waals surface area (Å²) in [4.78, 5) is 0.896. The molecule has 0 saturated heterocycles. The number of anilines is 1. The van der Waals surface area contributed by atoms with Crippen LogP contribution in [0.1, 0.15) is 0 Å². The normalized spacial score (nSPS) is 19.0. The van der Waals surface area contributed by atoms with Gasteiger partial charge in [-0.15, -0.1) is 0 Å². The van der Waals surface area contributed by atoms with Gasteiger partial charge in [0.2, 0.25) is 0 Å². The quantitative estimate of drug-likeness (QED) is 0.645. The van der Waals surface area contributed by atoms with Crippen molar-refractivity contribution < 1.29 is 4.55 Å². The average Bonchev–Trinajstić information content (AvgIpc) is 2.47. The molecule has 0 saturated carbocycles. The number of hydrogen-bond acceptors (Lipinski definition) is 2. The number of rotatable bonds is 0. The standard InChI is InChI=1S/C10H7NOS/c12-13-9-6-2-4-7-3-1-5-8(11-13)10(7)9/h1-6,11H. The molecule has 0 bridgehead atoms. The third-order valence-electron chi connectivity index (χ3n) is 2.27. The zero-order valence-electron chi connectivity index (χ0n) is 6.78. The Balaban J connectivity index is 2.51. The van der Waals surface area contributed by atoms with Crippen molar-refractivity contribution in [2.75, 3.05) is 4.72 Å². The smallest absolute Gasteiger partial charge is 0.189 e. The molecule has 2 aromatic rings. The van der Waals surface area contributed by atoms with Crippen molar-refractivity contribution in [3.05, 3.63) is 36.4 Å². The molecule has 1 aliphatic rings. The lowest BCUT2D eigenvalue weighted by Crippen LogP contribution is -2.05. The van der Waals surface area contributed by atoms with Gasteiger partial charge in [-0.1, -0.05) is 24.3 Å². The van der Waals surface area contributed by atoms with E-state index in [4.69, 9.17) is 0 Å². The van der Waals surface area contributed by atoms with Crippen LogP contribution in [-0.2, 0) is 11.4 Å². The largest absolute Gasteiger partial charge is 0.588 e. The van der Waals surface area contributed by atoms with Crippen molar-refractivity contribution in [3.8, 4) is 0 Å². The van der Waals surface area contributed by atoms with Crippen molar-refractivity contribution in [1.82, 2.24) is 0 Å². The molecule has 64 valence electrons. The van der Waals surface area contributed by atoms with Gasteiger partial charge in [-0.05, 0) is 17.5 Å². The van der Waals surface area contributed by atoms with Gasteiger partial charge in [0.1, 0.15) is 11.4 Å². The van der Waals surface area contributed by atoms with Crippen LogP contribution in [0.25, 0.3) is 10.8 Å². The van der Waals surface area contributed by atoms with Crippen LogP contribution in [0, 0.1) is 0 Å². The first-order valence-electron chi connectivity index (χ1n) is 4.06. The first-order valence-corrected chi connectivity index (χ1v) is 5.21. The minimum Gasteiger partial charge on any atom is -0.588 e. The summed E-state index contributed by atoms with van der Waals surface area (Å²) < 4.78 is 14.5. The molecule has 2 aromatic carbocycles. The summed E-state index contributed by atoms with van der Waals surface area (Å²) in [7, 11) is 0. The third-order valence-corrected chi connectivity index (χ3v) is 3.41. The van der Waals surface area contributed by atoms with Gasteiger partial charge >= 0.3 is 0 Å². The molecule has 1 heterocycles. The second kappa shape index (κ2) is 2.40. The molecule has 2 nitrogen and oxygen atoms in total. The van der Waals surface area contributed by atoms with Crippen molar-refractivity contribution in [2.45, 2.75) is 4.90 Å². The van der Waals surface area contributed by atoms with Gasteiger partial charge in [0.15, 0.2) is 4.90 Å². The minimum atomic E-state index is -1.06. The maximum atomic E-state index is 11.5. The van der Waals surface area contributed by atoms with E-state index in [0.29, 0.717) is 0 Å². The topological polar surface area (TPSA) is 35.1 Å². The van der Waals surface area contributed by atoms with Gasteiger partial charge in [-0.25, -0.2) is 4.72 Å². The lowest BCUT2D eigenvalue weighted by molar-refractivity contribution is 0.602. The summed E-state index contributed by atoms with van der Waals surface area (Å²) >= 11 is -1.06. The molecule has 0 radical (unpaired) electrons. The fourth-order valence-electron chi connectivity index (χ4n) is 1.70. The molecular formula is C10H7NOS. The average molecular weight is 189 g/mol. The highest BCUT2D eigenvalue weighted by atomic mass is 32.2. The molecule has 0 amide bonds. The molecular weight excluding hydrogens is 182 g/mol. The lowest BCUT2D eigenvalue weighted by Gasteiger charge is -2.00. The Morgan fingerprint density at radius 1 is 1.08 bits per heavy atom. The van der Waals surface area contributed by atoms with E-state index in [9.17, 15) is 4.55 Å². The fourth-order valence-corrected chi connectivity index (χ4v) is 2.80.